The number of benzene rings is 1. The second kappa shape index (κ2) is 6.44. The van der Waals surface area contributed by atoms with Gasteiger partial charge in [0.2, 0.25) is 0 Å². The Hall–Kier alpha value is -2.89. The van der Waals surface area contributed by atoms with Crippen molar-refractivity contribution in [2.24, 2.45) is 5.92 Å². The van der Waals surface area contributed by atoms with E-state index < -0.39 is 0 Å². The zero-order valence-corrected chi connectivity index (χ0v) is 14.6. The number of hydrogen-bond acceptors (Lipinski definition) is 3. The molecule has 0 radical (unpaired) electrons. The number of nitrogens with one attached hydrogen (secondary N) is 1. The highest BCUT2D eigenvalue weighted by atomic mass is 16.2. The Bertz CT molecular complexity index is 934. The zero-order valence-electron chi connectivity index (χ0n) is 14.6. The molecule has 1 aromatic carbocycles. The van der Waals surface area contributed by atoms with Gasteiger partial charge in [-0.25, -0.2) is 4.79 Å². The van der Waals surface area contributed by atoms with Gasteiger partial charge in [-0.3, -0.25) is 9.59 Å². The number of Topliss-reactive ketones (excluding diaryl/α,β-unsaturated/α-hetero) is 1. The first-order chi connectivity index (χ1) is 12.5. The van der Waals surface area contributed by atoms with Crippen molar-refractivity contribution in [3.8, 4) is 0 Å². The van der Waals surface area contributed by atoms with E-state index in [0.717, 1.165) is 12.1 Å². The average Bonchev–Trinajstić information content (AvgIpc) is 2.62. The van der Waals surface area contributed by atoms with Crippen molar-refractivity contribution in [3.63, 3.8) is 0 Å². The molecule has 1 saturated heterocycles. The Balaban J connectivity index is 1.52. The van der Waals surface area contributed by atoms with Crippen molar-refractivity contribution in [2.45, 2.75) is 25.8 Å². The summed E-state index contributed by atoms with van der Waals surface area (Å²) in [6.07, 6.45) is 1.01. The van der Waals surface area contributed by atoms with E-state index >= 15 is 0 Å². The van der Waals surface area contributed by atoms with Crippen LogP contribution in [-0.2, 0) is 6.54 Å². The van der Waals surface area contributed by atoms with Gasteiger partial charge in [-0.1, -0.05) is 18.2 Å². The van der Waals surface area contributed by atoms with E-state index in [1.165, 1.54) is 6.92 Å². The molecule has 2 atom stereocenters. The van der Waals surface area contributed by atoms with Gasteiger partial charge in [-0.05, 0) is 37.5 Å². The number of hydrogen-bond donors (Lipinski definition) is 1. The molecule has 26 heavy (non-hydrogen) atoms. The lowest BCUT2D eigenvalue weighted by Gasteiger charge is -2.42. The Morgan fingerprint density at radius 3 is 2.69 bits per heavy atom. The monoisotopic (exact) mass is 351 g/mol. The Kier molecular flexibility index (Phi) is 4.11. The van der Waals surface area contributed by atoms with Crippen LogP contribution in [0.3, 0.4) is 0 Å². The molecule has 0 unspecified atom stereocenters. The van der Waals surface area contributed by atoms with Gasteiger partial charge in [0.1, 0.15) is 0 Å². The van der Waals surface area contributed by atoms with E-state index in [1.807, 2.05) is 15.5 Å². The standard InChI is InChI=1S/C20H21N3O3/c1-13(24)15-4-2-5-17(9-15)21-20(26)22-10-14-8-16(12-22)18-6-3-7-19(25)23(18)11-14/h2-7,9,14,16H,8,10-12H2,1H3,(H,21,26)/t14-,16+/m0/s1. The third-order valence-corrected chi connectivity index (χ3v) is 5.29. The van der Waals surface area contributed by atoms with Gasteiger partial charge in [-0.15, -0.1) is 0 Å². The number of piperidine rings is 1. The maximum Gasteiger partial charge on any atom is 0.321 e. The van der Waals surface area contributed by atoms with E-state index in [-0.39, 0.29) is 29.2 Å². The summed E-state index contributed by atoms with van der Waals surface area (Å²) in [6.45, 7) is 3.40. The van der Waals surface area contributed by atoms with Crippen molar-refractivity contribution in [2.75, 3.05) is 18.4 Å². The average molecular weight is 351 g/mol. The molecule has 2 bridgehead atoms. The van der Waals surface area contributed by atoms with Gasteiger partial charge in [0.05, 0.1) is 0 Å². The largest absolute Gasteiger partial charge is 0.324 e. The molecular formula is C20H21N3O3. The number of amides is 2. The predicted octanol–water partition coefficient (Wildman–Crippen LogP) is 2.70. The number of anilines is 1. The molecule has 2 aliphatic rings. The molecule has 1 fully saturated rings. The smallest absolute Gasteiger partial charge is 0.321 e. The summed E-state index contributed by atoms with van der Waals surface area (Å²) in [6, 6.07) is 12.2. The molecule has 1 aromatic heterocycles. The van der Waals surface area contributed by atoms with Crippen molar-refractivity contribution in [1.82, 2.24) is 9.47 Å². The molecule has 6 heteroatoms. The molecule has 2 aromatic rings. The lowest BCUT2D eigenvalue weighted by atomic mass is 9.83. The third-order valence-electron chi connectivity index (χ3n) is 5.29. The molecule has 0 saturated carbocycles. The third kappa shape index (κ3) is 3.03. The number of ketones is 1. The van der Waals surface area contributed by atoms with Gasteiger partial charge in [0.15, 0.2) is 5.78 Å². The molecule has 2 amide bonds. The van der Waals surface area contributed by atoms with Crippen molar-refractivity contribution in [1.29, 1.82) is 0 Å². The highest BCUT2D eigenvalue weighted by Gasteiger charge is 2.36. The Morgan fingerprint density at radius 2 is 1.88 bits per heavy atom. The molecule has 1 N–H and O–H groups in total. The predicted molar refractivity (Wildman–Crippen MR) is 98.6 cm³/mol. The first kappa shape index (κ1) is 16.6. The van der Waals surface area contributed by atoms with E-state index in [1.54, 1.807) is 36.4 Å². The van der Waals surface area contributed by atoms with Crippen LogP contribution in [0, 0.1) is 5.92 Å². The maximum absolute atomic E-state index is 12.7. The van der Waals surface area contributed by atoms with Crippen LogP contribution in [0.5, 0.6) is 0 Å². The summed E-state index contributed by atoms with van der Waals surface area (Å²) < 4.78 is 1.85. The summed E-state index contributed by atoms with van der Waals surface area (Å²) in [7, 11) is 0. The fourth-order valence-corrected chi connectivity index (χ4v) is 4.08. The fourth-order valence-electron chi connectivity index (χ4n) is 4.08. The summed E-state index contributed by atoms with van der Waals surface area (Å²) in [5, 5.41) is 2.90. The van der Waals surface area contributed by atoms with Crippen LogP contribution in [0.2, 0.25) is 0 Å². The van der Waals surface area contributed by atoms with Crippen LogP contribution in [0.25, 0.3) is 0 Å². The van der Waals surface area contributed by atoms with Crippen molar-refractivity contribution in [3.05, 3.63) is 64.1 Å². The van der Waals surface area contributed by atoms with Gasteiger partial charge >= 0.3 is 6.03 Å². The zero-order chi connectivity index (χ0) is 18.3. The van der Waals surface area contributed by atoms with Crippen LogP contribution >= 0.6 is 0 Å². The normalized spacial score (nSPS) is 21.0. The minimum Gasteiger partial charge on any atom is -0.324 e. The quantitative estimate of drug-likeness (QED) is 0.846. The summed E-state index contributed by atoms with van der Waals surface area (Å²) in [4.78, 5) is 38.1. The number of urea groups is 1. The molecule has 4 rings (SSSR count). The molecule has 6 nitrogen and oxygen atoms in total. The molecule has 3 heterocycles. The second-order valence-corrected chi connectivity index (χ2v) is 7.17. The van der Waals surface area contributed by atoms with Crippen molar-refractivity contribution >= 4 is 17.5 Å². The minimum atomic E-state index is -0.160. The molecule has 0 spiro atoms. The number of carbonyl (C=O) groups is 2. The molecule has 134 valence electrons. The summed E-state index contributed by atoms with van der Waals surface area (Å²) in [5.74, 6) is 0.442. The number of aromatic nitrogens is 1. The van der Waals surface area contributed by atoms with Crippen LogP contribution in [0.1, 0.15) is 35.3 Å². The SMILES string of the molecule is CC(=O)c1cccc(NC(=O)N2C[C@@H]3C[C@H](C2)c2cccc(=O)n2C3)c1. The lowest BCUT2D eigenvalue weighted by molar-refractivity contribution is 0.101. The number of likely N-dealkylation sites (tertiary alicyclic amines) is 1. The molecule has 2 aliphatic heterocycles. The second-order valence-electron chi connectivity index (χ2n) is 7.17. The van der Waals surface area contributed by atoms with E-state index in [9.17, 15) is 14.4 Å². The number of nitrogens with zero attached hydrogens (tertiary/aromatic N) is 2. The van der Waals surface area contributed by atoms with Crippen LogP contribution < -0.4 is 10.9 Å². The highest BCUT2D eigenvalue weighted by molar-refractivity contribution is 5.96. The van der Waals surface area contributed by atoms with Gasteiger partial charge < -0.3 is 14.8 Å². The molecule has 0 aliphatic carbocycles. The summed E-state index contributed by atoms with van der Waals surface area (Å²) in [5.41, 5.74) is 2.25. The number of rotatable bonds is 2. The highest BCUT2D eigenvalue weighted by Crippen LogP contribution is 2.35. The Labute approximate surface area is 151 Å². The lowest BCUT2D eigenvalue weighted by Crippen LogP contribution is -2.50. The van der Waals surface area contributed by atoms with E-state index in [4.69, 9.17) is 0 Å². The number of pyridine rings is 1. The topological polar surface area (TPSA) is 71.4 Å². The van der Waals surface area contributed by atoms with Crippen LogP contribution in [0.15, 0.2) is 47.3 Å². The van der Waals surface area contributed by atoms with Gasteiger partial charge in [0.25, 0.3) is 5.56 Å². The van der Waals surface area contributed by atoms with Crippen LogP contribution in [-0.4, -0.2) is 34.4 Å². The summed E-state index contributed by atoms with van der Waals surface area (Å²) >= 11 is 0. The number of fused-ring (bicyclic) bond motifs is 4. The fraction of sp³-hybridized carbons (Fsp3) is 0.350. The van der Waals surface area contributed by atoms with Gasteiger partial charge in [-0.2, -0.15) is 0 Å². The molecular weight excluding hydrogens is 330 g/mol. The van der Waals surface area contributed by atoms with Crippen molar-refractivity contribution < 1.29 is 9.59 Å². The van der Waals surface area contributed by atoms with E-state index in [2.05, 4.69) is 5.32 Å². The minimum absolute atomic E-state index is 0.0318. The number of carbonyl (C=O) groups excluding carboxylic acids is 2. The van der Waals surface area contributed by atoms with Crippen LogP contribution in [0.4, 0.5) is 10.5 Å². The first-order valence-electron chi connectivity index (χ1n) is 8.88. The van der Waals surface area contributed by atoms with Gasteiger partial charge in [0, 0.05) is 48.6 Å². The Morgan fingerprint density at radius 1 is 1.08 bits per heavy atom. The first-order valence-corrected chi connectivity index (χ1v) is 8.88. The maximum atomic E-state index is 12.7. The van der Waals surface area contributed by atoms with E-state index in [0.29, 0.717) is 30.9 Å².